The lowest BCUT2D eigenvalue weighted by atomic mass is 10.2. The summed E-state index contributed by atoms with van der Waals surface area (Å²) in [4.78, 5) is 16.0. The van der Waals surface area contributed by atoms with E-state index in [0.717, 1.165) is 22.8 Å². The van der Waals surface area contributed by atoms with Crippen LogP contribution in [0.5, 0.6) is 0 Å². The predicted molar refractivity (Wildman–Crippen MR) is 82.8 cm³/mol. The monoisotopic (exact) mass is 286 g/mol. The average molecular weight is 286 g/mol. The maximum Gasteiger partial charge on any atom is 0.335 e. The van der Waals surface area contributed by atoms with E-state index in [1.54, 1.807) is 12.1 Å². The van der Waals surface area contributed by atoms with E-state index in [2.05, 4.69) is 25.3 Å². The van der Waals surface area contributed by atoms with Crippen LogP contribution in [0.4, 0.5) is 0 Å². The number of rotatable bonds is 5. The second-order valence-electron chi connectivity index (χ2n) is 6.36. The minimum atomic E-state index is -0.878. The van der Waals surface area contributed by atoms with Gasteiger partial charge < -0.3 is 9.67 Å². The van der Waals surface area contributed by atoms with E-state index in [1.807, 2.05) is 6.07 Å². The summed E-state index contributed by atoms with van der Waals surface area (Å²) in [6, 6.07) is 5.75. The van der Waals surface area contributed by atoms with E-state index in [1.165, 1.54) is 19.3 Å². The largest absolute Gasteiger partial charge is 0.478 e. The van der Waals surface area contributed by atoms with Crippen LogP contribution in [0, 0.1) is 5.92 Å². The Labute approximate surface area is 124 Å². The molecule has 1 aromatic carbocycles. The maximum atomic E-state index is 11.2. The number of aromatic carboxylic acids is 1. The van der Waals surface area contributed by atoms with Crippen molar-refractivity contribution in [3.8, 4) is 0 Å². The highest BCUT2D eigenvalue weighted by Crippen LogP contribution is 2.49. The fourth-order valence-corrected chi connectivity index (χ4v) is 3.23. The molecule has 4 nitrogen and oxygen atoms in total. The molecule has 1 N–H and O–H groups in total. The number of hydrogen-bond donors (Lipinski definition) is 1. The van der Waals surface area contributed by atoms with E-state index < -0.39 is 5.97 Å². The Hall–Kier alpha value is -1.84. The zero-order valence-corrected chi connectivity index (χ0v) is 12.8. The van der Waals surface area contributed by atoms with Crippen LogP contribution in [0.3, 0.4) is 0 Å². The van der Waals surface area contributed by atoms with Crippen LogP contribution >= 0.6 is 0 Å². The number of carboxylic acids is 1. The number of fused-ring (bicyclic) bond motifs is 1. The van der Waals surface area contributed by atoms with Gasteiger partial charge in [0.15, 0.2) is 0 Å². The lowest BCUT2D eigenvalue weighted by molar-refractivity contribution is 0.0697. The van der Waals surface area contributed by atoms with Crippen molar-refractivity contribution in [3.63, 3.8) is 0 Å². The molecule has 112 valence electrons. The standard InChI is InChI=1S/C17H22N2O2/c1-4-5-11-8-14(11)19-15-9-12(17(20)21)6-7-13(15)18-16(19)10(2)3/h6-7,9-11,14H,4-5,8H2,1-3H3,(H,20,21). The Balaban J connectivity index is 2.11. The van der Waals surface area contributed by atoms with Gasteiger partial charge in [-0.25, -0.2) is 9.78 Å². The third-order valence-corrected chi connectivity index (χ3v) is 4.36. The Bertz CT molecular complexity index is 687. The number of hydrogen-bond acceptors (Lipinski definition) is 2. The smallest absolute Gasteiger partial charge is 0.335 e. The van der Waals surface area contributed by atoms with E-state index in [0.29, 0.717) is 17.5 Å². The van der Waals surface area contributed by atoms with Crippen LogP contribution in [0.15, 0.2) is 18.2 Å². The van der Waals surface area contributed by atoms with Crippen molar-refractivity contribution < 1.29 is 9.90 Å². The van der Waals surface area contributed by atoms with Crippen molar-refractivity contribution in [1.29, 1.82) is 0 Å². The van der Waals surface area contributed by atoms with E-state index in [4.69, 9.17) is 4.98 Å². The molecule has 0 saturated heterocycles. The van der Waals surface area contributed by atoms with Crippen LogP contribution in [0.25, 0.3) is 11.0 Å². The first kappa shape index (κ1) is 14.1. The van der Waals surface area contributed by atoms with Gasteiger partial charge in [-0.1, -0.05) is 27.2 Å². The second-order valence-corrected chi connectivity index (χ2v) is 6.36. The first-order valence-electron chi connectivity index (χ1n) is 7.78. The molecule has 0 radical (unpaired) electrons. The number of aromatic nitrogens is 2. The minimum absolute atomic E-state index is 0.339. The van der Waals surface area contributed by atoms with Gasteiger partial charge in [0.1, 0.15) is 5.82 Å². The lowest BCUT2D eigenvalue weighted by Gasteiger charge is -2.11. The molecule has 0 amide bonds. The van der Waals surface area contributed by atoms with Gasteiger partial charge in [-0.15, -0.1) is 0 Å². The normalized spacial score (nSPS) is 21.1. The Morgan fingerprint density at radius 3 is 2.86 bits per heavy atom. The second kappa shape index (κ2) is 5.17. The number of nitrogens with zero attached hydrogens (tertiary/aromatic N) is 2. The summed E-state index contributed by atoms with van der Waals surface area (Å²) >= 11 is 0. The molecule has 0 spiro atoms. The third kappa shape index (κ3) is 2.43. The zero-order chi connectivity index (χ0) is 15.1. The highest BCUT2D eigenvalue weighted by molar-refractivity contribution is 5.92. The molecule has 1 heterocycles. The molecule has 1 aliphatic carbocycles. The Kier molecular flexibility index (Phi) is 3.47. The van der Waals surface area contributed by atoms with Crippen LogP contribution in [0.2, 0.25) is 0 Å². The van der Waals surface area contributed by atoms with Crippen LogP contribution < -0.4 is 0 Å². The van der Waals surface area contributed by atoms with Crippen LogP contribution in [-0.2, 0) is 0 Å². The highest BCUT2D eigenvalue weighted by Gasteiger charge is 2.40. The lowest BCUT2D eigenvalue weighted by Crippen LogP contribution is -2.05. The van der Waals surface area contributed by atoms with Gasteiger partial charge in [-0.3, -0.25) is 0 Å². The molecule has 2 aromatic rings. The van der Waals surface area contributed by atoms with E-state index in [-0.39, 0.29) is 0 Å². The van der Waals surface area contributed by atoms with Gasteiger partial charge in [0.05, 0.1) is 16.6 Å². The topological polar surface area (TPSA) is 55.1 Å². The number of imidazole rings is 1. The predicted octanol–water partition coefficient (Wildman–Crippen LogP) is 4.22. The molecule has 2 unspecified atom stereocenters. The summed E-state index contributed by atoms with van der Waals surface area (Å²) in [6.45, 7) is 6.51. The van der Waals surface area contributed by atoms with Gasteiger partial charge in [-0.2, -0.15) is 0 Å². The number of benzene rings is 1. The summed E-state index contributed by atoms with van der Waals surface area (Å²) in [6.07, 6.45) is 3.63. The van der Waals surface area contributed by atoms with Crippen molar-refractivity contribution in [2.24, 2.45) is 5.92 Å². The van der Waals surface area contributed by atoms with Gasteiger partial charge in [-0.05, 0) is 37.0 Å². The molecule has 2 atom stereocenters. The summed E-state index contributed by atoms with van der Waals surface area (Å²) in [5.74, 6) is 1.26. The summed E-state index contributed by atoms with van der Waals surface area (Å²) in [7, 11) is 0. The fourth-order valence-electron chi connectivity index (χ4n) is 3.23. The van der Waals surface area contributed by atoms with Gasteiger partial charge in [0.25, 0.3) is 0 Å². The first-order chi connectivity index (χ1) is 10.0. The van der Waals surface area contributed by atoms with Crippen molar-refractivity contribution in [3.05, 3.63) is 29.6 Å². The molecule has 1 fully saturated rings. The average Bonchev–Trinajstić information content (AvgIpc) is 3.08. The van der Waals surface area contributed by atoms with Crippen molar-refractivity contribution in [1.82, 2.24) is 9.55 Å². The number of carboxylic acid groups (broad SMARTS) is 1. The van der Waals surface area contributed by atoms with Crippen LogP contribution in [0.1, 0.15) is 68.2 Å². The van der Waals surface area contributed by atoms with Gasteiger partial charge in [0.2, 0.25) is 0 Å². The molecular weight excluding hydrogens is 264 g/mol. The molecule has 0 bridgehead atoms. The van der Waals surface area contributed by atoms with Gasteiger partial charge >= 0.3 is 5.97 Å². The molecule has 3 rings (SSSR count). The quantitative estimate of drug-likeness (QED) is 0.895. The minimum Gasteiger partial charge on any atom is -0.478 e. The van der Waals surface area contributed by atoms with Crippen molar-refractivity contribution in [2.45, 2.75) is 52.0 Å². The summed E-state index contributed by atoms with van der Waals surface area (Å²) in [5.41, 5.74) is 2.22. The Morgan fingerprint density at radius 2 is 2.24 bits per heavy atom. The Morgan fingerprint density at radius 1 is 1.48 bits per heavy atom. The molecule has 1 saturated carbocycles. The number of carbonyl (C=O) groups is 1. The van der Waals surface area contributed by atoms with E-state index in [9.17, 15) is 9.90 Å². The molecule has 1 aromatic heterocycles. The summed E-state index contributed by atoms with van der Waals surface area (Å²) in [5, 5.41) is 9.21. The third-order valence-electron chi connectivity index (χ3n) is 4.36. The fraction of sp³-hybridized carbons (Fsp3) is 0.529. The van der Waals surface area contributed by atoms with Crippen molar-refractivity contribution in [2.75, 3.05) is 0 Å². The SMILES string of the molecule is CCCC1CC1n1c(C(C)C)nc2ccc(C(=O)O)cc21. The van der Waals surface area contributed by atoms with Crippen molar-refractivity contribution >= 4 is 17.0 Å². The van der Waals surface area contributed by atoms with Crippen LogP contribution in [-0.4, -0.2) is 20.6 Å². The van der Waals surface area contributed by atoms with Gasteiger partial charge in [0, 0.05) is 12.0 Å². The molecule has 4 heteroatoms. The maximum absolute atomic E-state index is 11.2. The molecule has 1 aliphatic rings. The first-order valence-corrected chi connectivity index (χ1v) is 7.78. The molecule has 0 aliphatic heterocycles. The van der Waals surface area contributed by atoms with E-state index >= 15 is 0 Å². The summed E-state index contributed by atoms with van der Waals surface area (Å²) < 4.78 is 2.30. The highest BCUT2D eigenvalue weighted by atomic mass is 16.4. The molecule has 21 heavy (non-hydrogen) atoms. The molecular formula is C17H22N2O2. The zero-order valence-electron chi connectivity index (χ0n) is 12.8.